The summed E-state index contributed by atoms with van der Waals surface area (Å²) in [6.45, 7) is 2.22. The van der Waals surface area contributed by atoms with E-state index in [1.165, 1.54) is 17.7 Å². The third kappa shape index (κ3) is 6.98. The molecule has 0 aliphatic rings. The van der Waals surface area contributed by atoms with E-state index in [1.54, 1.807) is 12.1 Å². The van der Waals surface area contributed by atoms with Gasteiger partial charge >= 0.3 is 0 Å². The third-order valence-corrected chi connectivity index (χ3v) is 5.22. The van der Waals surface area contributed by atoms with Gasteiger partial charge in [0.15, 0.2) is 0 Å². The fourth-order valence-electron chi connectivity index (χ4n) is 3.53. The molecule has 5 N–H and O–H groups in total. The SMILES string of the molecule is O=c1ccc2c(C(O)CNCCCCCCNC=Cc3ccccc3)ccc(O)c2[nH]1. The summed E-state index contributed by atoms with van der Waals surface area (Å²) in [7, 11) is 0. The van der Waals surface area contributed by atoms with Crippen molar-refractivity contribution in [2.24, 2.45) is 0 Å². The zero-order valence-corrected chi connectivity index (χ0v) is 17.7. The molecule has 31 heavy (non-hydrogen) atoms. The Morgan fingerprint density at radius 2 is 1.71 bits per heavy atom. The van der Waals surface area contributed by atoms with Crippen LogP contribution in [0.15, 0.2) is 65.6 Å². The summed E-state index contributed by atoms with van der Waals surface area (Å²) in [6.07, 6.45) is 7.83. The number of fused-ring (bicyclic) bond motifs is 1. The Morgan fingerprint density at radius 1 is 0.935 bits per heavy atom. The van der Waals surface area contributed by atoms with Gasteiger partial charge in [-0.25, -0.2) is 0 Å². The molecule has 2 aromatic carbocycles. The minimum absolute atomic E-state index is 0.00153. The van der Waals surface area contributed by atoms with Crippen molar-refractivity contribution in [1.29, 1.82) is 0 Å². The van der Waals surface area contributed by atoms with Gasteiger partial charge in [0.2, 0.25) is 5.56 Å². The molecule has 3 rings (SSSR count). The summed E-state index contributed by atoms with van der Waals surface area (Å²) in [5.74, 6) is 0.00153. The molecule has 0 amide bonds. The number of aromatic hydroxyl groups is 1. The van der Waals surface area contributed by atoms with Crippen LogP contribution in [0.2, 0.25) is 0 Å². The van der Waals surface area contributed by atoms with Crippen LogP contribution in [0.3, 0.4) is 0 Å². The highest BCUT2D eigenvalue weighted by atomic mass is 16.3. The van der Waals surface area contributed by atoms with Gasteiger partial charge in [-0.05, 0) is 54.9 Å². The van der Waals surface area contributed by atoms with Gasteiger partial charge in [0.1, 0.15) is 5.75 Å². The van der Waals surface area contributed by atoms with Gasteiger partial charge in [-0.1, -0.05) is 49.2 Å². The monoisotopic (exact) mass is 421 g/mol. The molecule has 0 aliphatic heterocycles. The lowest BCUT2D eigenvalue weighted by molar-refractivity contribution is 0.176. The molecule has 0 saturated carbocycles. The minimum atomic E-state index is -0.713. The first-order valence-corrected chi connectivity index (χ1v) is 10.8. The fraction of sp³-hybridized carbons (Fsp3) is 0.320. The van der Waals surface area contributed by atoms with Gasteiger partial charge in [-0.3, -0.25) is 4.79 Å². The molecule has 6 heteroatoms. The van der Waals surface area contributed by atoms with E-state index < -0.39 is 6.10 Å². The maximum Gasteiger partial charge on any atom is 0.248 e. The highest BCUT2D eigenvalue weighted by molar-refractivity contribution is 5.87. The van der Waals surface area contributed by atoms with E-state index in [2.05, 4.69) is 33.8 Å². The average molecular weight is 422 g/mol. The number of aliphatic hydroxyl groups excluding tert-OH is 1. The number of unbranched alkanes of at least 4 members (excludes halogenated alkanes) is 3. The van der Waals surface area contributed by atoms with Crippen molar-refractivity contribution in [1.82, 2.24) is 15.6 Å². The number of hydrogen-bond donors (Lipinski definition) is 5. The number of rotatable bonds is 12. The summed E-state index contributed by atoms with van der Waals surface area (Å²) in [5, 5.41) is 27.7. The van der Waals surface area contributed by atoms with Crippen LogP contribution in [0.5, 0.6) is 5.75 Å². The number of aromatic nitrogens is 1. The predicted octanol–water partition coefficient (Wildman–Crippen LogP) is 3.68. The maximum atomic E-state index is 11.5. The Morgan fingerprint density at radius 3 is 2.52 bits per heavy atom. The molecule has 0 fully saturated rings. The van der Waals surface area contributed by atoms with Crippen LogP contribution in [0.4, 0.5) is 0 Å². The van der Waals surface area contributed by atoms with Gasteiger partial charge in [-0.2, -0.15) is 0 Å². The fourth-order valence-corrected chi connectivity index (χ4v) is 3.53. The molecule has 0 aliphatic carbocycles. The Hall–Kier alpha value is -3.09. The first-order valence-electron chi connectivity index (χ1n) is 10.8. The van der Waals surface area contributed by atoms with E-state index in [4.69, 9.17) is 0 Å². The van der Waals surface area contributed by atoms with E-state index >= 15 is 0 Å². The third-order valence-electron chi connectivity index (χ3n) is 5.22. The summed E-state index contributed by atoms with van der Waals surface area (Å²) in [6, 6.07) is 16.5. The number of phenols is 1. The van der Waals surface area contributed by atoms with Crippen molar-refractivity contribution in [2.75, 3.05) is 19.6 Å². The Kier molecular flexibility index (Phi) is 8.70. The van der Waals surface area contributed by atoms with Crippen LogP contribution in [0.1, 0.15) is 42.9 Å². The standard InChI is InChI=1S/C25H31N3O3/c29-22-12-10-20(21-11-13-24(31)28-25(21)22)23(30)18-27-16-7-2-1-6-15-26-17-14-19-8-4-3-5-9-19/h3-5,8-14,17,23,26-27,29-30H,1-2,6-7,15-16,18H2,(H,28,31). The molecule has 1 aromatic heterocycles. The second-order valence-corrected chi connectivity index (χ2v) is 7.62. The quantitative estimate of drug-likeness (QED) is 0.288. The van der Waals surface area contributed by atoms with E-state index in [0.29, 0.717) is 23.0 Å². The average Bonchev–Trinajstić information content (AvgIpc) is 2.78. The smallest absolute Gasteiger partial charge is 0.248 e. The highest BCUT2D eigenvalue weighted by Gasteiger charge is 2.13. The number of aromatic amines is 1. The van der Waals surface area contributed by atoms with E-state index in [0.717, 1.165) is 38.8 Å². The van der Waals surface area contributed by atoms with Crippen LogP contribution < -0.4 is 16.2 Å². The molecule has 164 valence electrons. The van der Waals surface area contributed by atoms with Crippen LogP contribution >= 0.6 is 0 Å². The molecule has 3 aromatic rings. The lowest BCUT2D eigenvalue weighted by Gasteiger charge is -2.15. The number of pyridine rings is 1. The molecule has 0 bridgehead atoms. The molecule has 0 spiro atoms. The topological polar surface area (TPSA) is 97.4 Å². The first-order chi connectivity index (χ1) is 15.1. The van der Waals surface area contributed by atoms with Crippen molar-refractivity contribution in [2.45, 2.75) is 31.8 Å². The van der Waals surface area contributed by atoms with Gasteiger partial charge in [0, 0.05) is 24.5 Å². The number of phenolic OH excluding ortho intramolecular Hbond substituents is 1. The molecular weight excluding hydrogens is 390 g/mol. The van der Waals surface area contributed by atoms with Crippen LogP contribution in [0.25, 0.3) is 17.0 Å². The molecule has 6 nitrogen and oxygen atoms in total. The van der Waals surface area contributed by atoms with Crippen LogP contribution in [-0.4, -0.2) is 34.8 Å². The largest absolute Gasteiger partial charge is 0.506 e. The van der Waals surface area contributed by atoms with Crippen LogP contribution in [-0.2, 0) is 0 Å². The van der Waals surface area contributed by atoms with E-state index in [9.17, 15) is 15.0 Å². The lowest BCUT2D eigenvalue weighted by atomic mass is 10.0. The van der Waals surface area contributed by atoms with Gasteiger partial charge < -0.3 is 25.8 Å². The number of nitrogens with one attached hydrogen (secondary N) is 3. The molecule has 0 radical (unpaired) electrons. The van der Waals surface area contributed by atoms with Gasteiger partial charge in [-0.15, -0.1) is 0 Å². The maximum absolute atomic E-state index is 11.5. The molecule has 1 unspecified atom stereocenters. The summed E-state index contributed by atoms with van der Waals surface area (Å²) < 4.78 is 0. The van der Waals surface area contributed by atoms with Crippen molar-refractivity contribution < 1.29 is 10.2 Å². The zero-order valence-electron chi connectivity index (χ0n) is 17.7. The summed E-state index contributed by atoms with van der Waals surface area (Å²) in [5.41, 5.74) is 1.95. The van der Waals surface area contributed by atoms with Crippen LogP contribution in [0, 0.1) is 0 Å². The first kappa shape index (κ1) is 22.6. The summed E-state index contributed by atoms with van der Waals surface area (Å²) >= 11 is 0. The van der Waals surface area contributed by atoms with Gasteiger partial charge in [0.05, 0.1) is 11.6 Å². The normalized spacial score (nSPS) is 12.4. The lowest BCUT2D eigenvalue weighted by Crippen LogP contribution is -2.23. The highest BCUT2D eigenvalue weighted by Crippen LogP contribution is 2.28. The Labute approximate surface area is 182 Å². The molecule has 0 saturated heterocycles. The van der Waals surface area contributed by atoms with Crippen molar-refractivity contribution in [3.63, 3.8) is 0 Å². The molecule has 1 atom stereocenters. The predicted molar refractivity (Wildman–Crippen MR) is 126 cm³/mol. The van der Waals surface area contributed by atoms with Crippen molar-refractivity contribution in [3.8, 4) is 5.75 Å². The minimum Gasteiger partial charge on any atom is -0.506 e. The van der Waals surface area contributed by atoms with E-state index in [1.807, 2.05) is 24.4 Å². The Bertz CT molecular complexity index is 1030. The van der Waals surface area contributed by atoms with Gasteiger partial charge in [0.25, 0.3) is 0 Å². The number of aliphatic hydroxyl groups is 1. The molecule has 1 heterocycles. The second-order valence-electron chi connectivity index (χ2n) is 7.62. The van der Waals surface area contributed by atoms with Crippen molar-refractivity contribution >= 4 is 17.0 Å². The zero-order chi connectivity index (χ0) is 21.9. The summed E-state index contributed by atoms with van der Waals surface area (Å²) in [4.78, 5) is 14.1. The second kappa shape index (κ2) is 11.9. The number of H-pyrrole nitrogens is 1. The Balaban J connectivity index is 1.29. The molecular formula is C25H31N3O3. The van der Waals surface area contributed by atoms with E-state index in [-0.39, 0.29) is 11.3 Å². The van der Waals surface area contributed by atoms with Crippen molar-refractivity contribution in [3.05, 3.63) is 82.3 Å². The number of hydrogen-bond acceptors (Lipinski definition) is 5. The number of benzene rings is 2.